The number of Topliss-reactive ketones (excluding diaryl/α,β-unsaturated/α-hetero) is 1. The Morgan fingerprint density at radius 1 is 1.25 bits per heavy atom. The van der Waals surface area contributed by atoms with E-state index in [0.29, 0.717) is 18.0 Å². The van der Waals surface area contributed by atoms with E-state index in [4.69, 9.17) is 11.5 Å². The zero-order valence-electron chi connectivity index (χ0n) is 17.3. The van der Waals surface area contributed by atoms with Crippen LogP contribution in [0.25, 0.3) is 0 Å². The van der Waals surface area contributed by atoms with Gasteiger partial charge in [-0.05, 0) is 45.6 Å². The molecule has 3 nitrogen and oxygen atoms in total. The van der Waals surface area contributed by atoms with Crippen molar-refractivity contribution in [3.05, 3.63) is 48.6 Å². The van der Waals surface area contributed by atoms with E-state index >= 15 is 0 Å². The molecule has 2 fully saturated rings. The fourth-order valence-electron chi connectivity index (χ4n) is 4.19. The van der Waals surface area contributed by atoms with Crippen LogP contribution in [0.4, 0.5) is 0 Å². The first-order valence-electron chi connectivity index (χ1n) is 10.6. The third-order valence-electron chi connectivity index (χ3n) is 5.98. The third kappa shape index (κ3) is 6.33. The molecule has 0 bridgehead atoms. The average Bonchev–Trinajstić information content (AvgIpc) is 3.27. The number of hydrogen-bond donors (Lipinski definition) is 1. The maximum atomic E-state index is 13.4. The van der Waals surface area contributed by atoms with E-state index in [1.54, 1.807) is 12.2 Å². The Kier molecular flexibility index (Phi) is 8.96. The predicted molar refractivity (Wildman–Crippen MR) is 117 cm³/mol. The van der Waals surface area contributed by atoms with Crippen LogP contribution in [0.1, 0.15) is 51.9 Å². The molecule has 0 aromatic carbocycles. The molecule has 1 aliphatic carbocycles. The molecule has 2 aliphatic rings. The van der Waals surface area contributed by atoms with Crippen molar-refractivity contribution in [2.45, 2.75) is 57.9 Å². The van der Waals surface area contributed by atoms with Crippen LogP contribution in [0, 0.1) is 23.7 Å². The SMILES string of the molecule is C#CC(C)(C=C)/C=C(\C=C/C/C=C/CO)C(=O)C1CCCN(C2CCCC2)C1. The molecule has 2 rings (SSSR count). The van der Waals surface area contributed by atoms with E-state index in [1.165, 1.54) is 25.7 Å². The Morgan fingerprint density at radius 2 is 2.00 bits per heavy atom. The lowest BCUT2D eigenvalue weighted by Gasteiger charge is -2.36. The van der Waals surface area contributed by atoms with Crippen LogP contribution < -0.4 is 0 Å². The summed E-state index contributed by atoms with van der Waals surface area (Å²) < 4.78 is 0. The van der Waals surface area contributed by atoms with Gasteiger partial charge in [0, 0.05) is 24.1 Å². The lowest BCUT2D eigenvalue weighted by atomic mass is 9.83. The van der Waals surface area contributed by atoms with E-state index in [0.717, 1.165) is 25.9 Å². The third-order valence-corrected chi connectivity index (χ3v) is 5.98. The molecule has 1 aliphatic heterocycles. The molecule has 2 unspecified atom stereocenters. The van der Waals surface area contributed by atoms with Gasteiger partial charge in [0.15, 0.2) is 5.78 Å². The molecule has 152 valence electrons. The molecule has 1 heterocycles. The van der Waals surface area contributed by atoms with Gasteiger partial charge in [-0.25, -0.2) is 0 Å². The molecule has 0 aromatic rings. The average molecular weight is 382 g/mol. The van der Waals surface area contributed by atoms with Crippen molar-refractivity contribution in [2.75, 3.05) is 19.7 Å². The van der Waals surface area contributed by atoms with Crippen molar-refractivity contribution in [1.82, 2.24) is 4.90 Å². The molecule has 28 heavy (non-hydrogen) atoms. The number of rotatable bonds is 9. The predicted octanol–water partition coefficient (Wildman–Crippen LogP) is 4.46. The fraction of sp³-hybridized carbons (Fsp3) is 0.560. The maximum absolute atomic E-state index is 13.4. The van der Waals surface area contributed by atoms with E-state index in [9.17, 15) is 4.79 Å². The smallest absolute Gasteiger partial charge is 0.166 e. The van der Waals surface area contributed by atoms with Gasteiger partial charge < -0.3 is 5.11 Å². The summed E-state index contributed by atoms with van der Waals surface area (Å²) in [6, 6.07) is 0.659. The summed E-state index contributed by atoms with van der Waals surface area (Å²) in [4.78, 5) is 15.9. The van der Waals surface area contributed by atoms with E-state index in [-0.39, 0.29) is 18.3 Å². The summed E-state index contributed by atoms with van der Waals surface area (Å²) in [5.74, 6) is 2.96. The number of aliphatic hydroxyl groups is 1. The molecular formula is C25H35NO2. The minimum Gasteiger partial charge on any atom is -0.392 e. The normalized spacial score (nSPS) is 24.5. The fourth-order valence-corrected chi connectivity index (χ4v) is 4.19. The molecule has 1 saturated carbocycles. The van der Waals surface area contributed by atoms with Crippen LogP contribution >= 0.6 is 0 Å². The Hall–Kier alpha value is -1.89. The van der Waals surface area contributed by atoms with E-state index in [1.807, 2.05) is 31.2 Å². The molecule has 0 radical (unpaired) electrons. The van der Waals surface area contributed by atoms with E-state index < -0.39 is 5.41 Å². The first kappa shape index (κ1) is 22.4. The number of carbonyl (C=O) groups is 1. The highest BCUT2D eigenvalue weighted by atomic mass is 16.2. The lowest BCUT2D eigenvalue weighted by molar-refractivity contribution is -0.120. The molecule has 0 amide bonds. The van der Waals surface area contributed by atoms with Crippen molar-refractivity contribution < 1.29 is 9.90 Å². The van der Waals surface area contributed by atoms with Crippen LogP contribution in [-0.4, -0.2) is 41.5 Å². The van der Waals surface area contributed by atoms with Crippen LogP contribution in [0.3, 0.4) is 0 Å². The second-order valence-corrected chi connectivity index (χ2v) is 8.16. The van der Waals surface area contributed by atoms with Crippen molar-refractivity contribution >= 4 is 5.78 Å². The quantitative estimate of drug-likeness (QED) is 0.277. The number of piperidine rings is 1. The Balaban J connectivity index is 2.17. The first-order valence-corrected chi connectivity index (χ1v) is 10.6. The summed E-state index contributed by atoms with van der Waals surface area (Å²) in [5, 5.41) is 8.85. The number of terminal acetylenes is 1. The van der Waals surface area contributed by atoms with Gasteiger partial charge in [-0.1, -0.05) is 55.2 Å². The molecule has 0 aromatic heterocycles. The number of ketones is 1. The molecule has 1 saturated heterocycles. The summed E-state index contributed by atoms with van der Waals surface area (Å²) in [6.07, 6.45) is 24.6. The Labute approximate surface area is 170 Å². The largest absolute Gasteiger partial charge is 0.392 e. The van der Waals surface area contributed by atoms with Crippen molar-refractivity contribution in [3.63, 3.8) is 0 Å². The molecule has 0 spiro atoms. The lowest BCUT2D eigenvalue weighted by Crippen LogP contribution is -2.43. The minimum absolute atomic E-state index is 0.0279. The van der Waals surface area contributed by atoms with Crippen molar-refractivity contribution in [2.24, 2.45) is 11.3 Å². The van der Waals surface area contributed by atoms with Gasteiger partial charge in [-0.2, -0.15) is 0 Å². The van der Waals surface area contributed by atoms with Crippen LogP contribution in [-0.2, 0) is 4.79 Å². The maximum Gasteiger partial charge on any atom is 0.166 e. The van der Waals surface area contributed by atoms with Gasteiger partial charge in [-0.3, -0.25) is 9.69 Å². The summed E-state index contributed by atoms with van der Waals surface area (Å²) >= 11 is 0. The summed E-state index contributed by atoms with van der Waals surface area (Å²) in [7, 11) is 0. The number of nitrogens with zero attached hydrogens (tertiary/aromatic N) is 1. The number of aliphatic hydroxyl groups excluding tert-OH is 1. The second-order valence-electron chi connectivity index (χ2n) is 8.16. The van der Waals surface area contributed by atoms with Crippen molar-refractivity contribution in [1.29, 1.82) is 0 Å². The van der Waals surface area contributed by atoms with Gasteiger partial charge in [0.2, 0.25) is 0 Å². The summed E-state index contributed by atoms with van der Waals surface area (Å²) in [6.45, 7) is 7.75. The number of allylic oxidation sites excluding steroid dienone is 6. The van der Waals surface area contributed by atoms with Crippen LogP contribution in [0.15, 0.2) is 48.6 Å². The topological polar surface area (TPSA) is 40.5 Å². The highest BCUT2D eigenvalue weighted by Crippen LogP contribution is 2.30. The zero-order valence-corrected chi connectivity index (χ0v) is 17.3. The van der Waals surface area contributed by atoms with Gasteiger partial charge >= 0.3 is 0 Å². The Morgan fingerprint density at radius 3 is 2.64 bits per heavy atom. The molecular weight excluding hydrogens is 346 g/mol. The van der Waals surface area contributed by atoms with Gasteiger partial charge in [0.05, 0.1) is 12.0 Å². The van der Waals surface area contributed by atoms with Gasteiger partial charge in [0.1, 0.15) is 0 Å². The monoisotopic (exact) mass is 381 g/mol. The summed E-state index contributed by atoms with van der Waals surface area (Å²) in [5.41, 5.74) is 0.0341. The molecule has 3 heteroatoms. The standard InChI is InChI=1S/C25H35NO2/c1-4-25(3,5-2)19-21(13-8-6-7-11-18-27)24(28)22-14-12-17-26(20-22)23-15-9-10-16-23/h1,5,7-8,11,13,19,22-23,27H,2,6,9-10,12,14-18,20H2,3H3/b11-7+,13-8-,21-19+. The van der Waals surface area contributed by atoms with Gasteiger partial charge in [-0.15, -0.1) is 13.0 Å². The first-order chi connectivity index (χ1) is 13.5. The molecule has 1 N–H and O–H groups in total. The molecule has 2 atom stereocenters. The highest BCUT2D eigenvalue weighted by molar-refractivity contribution is 6.00. The van der Waals surface area contributed by atoms with E-state index in [2.05, 4.69) is 17.4 Å². The van der Waals surface area contributed by atoms with Crippen LogP contribution in [0.2, 0.25) is 0 Å². The Bertz CT molecular complexity index is 661. The number of carbonyl (C=O) groups excluding carboxylic acids is 1. The number of likely N-dealkylation sites (tertiary alicyclic amines) is 1. The number of hydrogen-bond acceptors (Lipinski definition) is 3. The van der Waals surface area contributed by atoms with Crippen molar-refractivity contribution in [3.8, 4) is 12.3 Å². The highest BCUT2D eigenvalue weighted by Gasteiger charge is 2.32. The van der Waals surface area contributed by atoms with Crippen LogP contribution in [0.5, 0.6) is 0 Å². The second kappa shape index (κ2) is 11.2. The minimum atomic E-state index is -0.643. The zero-order chi connectivity index (χ0) is 20.4. The van der Waals surface area contributed by atoms with Gasteiger partial charge in [0.25, 0.3) is 0 Å².